The molecule has 1 aromatic rings. The van der Waals surface area contributed by atoms with Crippen LogP contribution in [0, 0.1) is 5.82 Å². The number of benzene rings is 1. The van der Waals surface area contributed by atoms with Gasteiger partial charge in [-0.2, -0.15) is 0 Å². The molecule has 4 nitrogen and oxygen atoms in total. The van der Waals surface area contributed by atoms with Gasteiger partial charge in [-0.15, -0.1) is 24.0 Å². The normalized spacial score (nSPS) is 15.7. The molecule has 6 heteroatoms. The molecule has 0 spiro atoms. The summed E-state index contributed by atoms with van der Waals surface area (Å²) in [6, 6.07) is 4.85. The molecule has 1 aliphatic heterocycles. The Balaban J connectivity index is 0.00000200. The first-order chi connectivity index (χ1) is 9.20. The number of guanidine groups is 1. The van der Waals surface area contributed by atoms with E-state index in [0.29, 0.717) is 12.5 Å². The summed E-state index contributed by atoms with van der Waals surface area (Å²) in [6.07, 6.45) is 3.58. The van der Waals surface area contributed by atoms with Gasteiger partial charge in [0.15, 0.2) is 17.5 Å². The molecular formula is C14H21FIN3O. The Kier molecular flexibility index (Phi) is 7.04. The Labute approximate surface area is 136 Å². The minimum absolute atomic E-state index is 0. The van der Waals surface area contributed by atoms with Crippen molar-refractivity contribution < 1.29 is 9.13 Å². The van der Waals surface area contributed by atoms with E-state index in [1.54, 1.807) is 12.1 Å². The number of hydrogen-bond acceptors (Lipinski definition) is 2. The number of ether oxygens (including phenoxy) is 1. The van der Waals surface area contributed by atoms with Crippen molar-refractivity contribution in [3.63, 3.8) is 0 Å². The maximum atomic E-state index is 13.5. The van der Waals surface area contributed by atoms with Gasteiger partial charge in [0.1, 0.15) is 0 Å². The molecule has 0 bridgehead atoms. The number of nitrogens with two attached hydrogens (primary N) is 1. The number of hydrogen-bond donors (Lipinski definition) is 1. The molecule has 1 saturated heterocycles. The highest BCUT2D eigenvalue weighted by Gasteiger charge is 2.11. The molecule has 1 aromatic carbocycles. The van der Waals surface area contributed by atoms with E-state index in [2.05, 4.69) is 9.89 Å². The molecule has 1 heterocycles. The van der Waals surface area contributed by atoms with E-state index >= 15 is 0 Å². The van der Waals surface area contributed by atoms with Crippen LogP contribution in [0.25, 0.3) is 0 Å². The zero-order valence-corrected chi connectivity index (χ0v) is 14.0. The lowest BCUT2D eigenvalue weighted by Gasteiger charge is -2.27. The van der Waals surface area contributed by atoms with Crippen LogP contribution in [0.1, 0.15) is 24.8 Å². The Morgan fingerprint density at radius 2 is 2.05 bits per heavy atom. The monoisotopic (exact) mass is 393 g/mol. The van der Waals surface area contributed by atoms with Crippen LogP contribution in [-0.4, -0.2) is 31.1 Å². The first-order valence-electron chi connectivity index (χ1n) is 6.58. The van der Waals surface area contributed by atoms with Gasteiger partial charge < -0.3 is 15.4 Å². The number of rotatable bonds is 3. The molecular weight excluding hydrogens is 372 g/mol. The van der Waals surface area contributed by atoms with Crippen molar-refractivity contribution in [2.45, 2.75) is 25.8 Å². The lowest BCUT2D eigenvalue weighted by molar-refractivity contribution is 0.338. The maximum Gasteiger partial charge on any atom is 0.191 e. The van der Waals surface area contributed by atoms with Crippen LogP contribution < -0.4 is 10.5 Å². The summed E-state index contributed by atoms with van der Waals surface area (Å²) in [6.45, 7) is 2.32. The van der Waals surface area contributed by atoms with Crippen LogP contribution in [0.3, 0.4) is 0 Å². The zero-order valence-electron chi connectivity index (χ0n) is 11.6. The van der Waals surface area contributed by atoms with Crippen molar-refractivity contribution in [2.75, 3.05) is 20.2 Å². The maximum absolute atomic E-state index is 13.5. The highest BCUT2D eigenvalue weighted by atomic mass is 127. The summed E-state index contributed by atoms with van der Waals surface area (Å²) in [4.78, 5) is 6.41. The molecule has 20 heavy (non-hydrogen) atoms. The fraction of sp³-hybridized carbons (Fsp3) is 0.500. The van der Waals surface area contributed by atoms with Gasteiger partial charge in [0, 0.05) is 13.1 Å². The molecule has 0 unspecified atom stereocenters. The Bertz CT molecular complexity index is 462. The Morgan fingerprint density at radius 3 is 2.65 bits per heavy atom. The molecule has 0 amide bonds. The van der Waals surface area contributed by atoms with Crippen molar-refractivity contribution in [1.82, 2.24) is 4.90 Å². The molecule has 1 fully saturated rings. The van der Waals surface area contributed by atoms with E-state index in [0.717, 1.165) is 31.5 Å². The van der Waals surface area contributed by atoms with E-state index in [4.69, 9.17) is 10.5 Å². The van der Waals surface area contributed by atoms with E-state index < -0.39 is 0 Å². The van der Waals surface area contributed by atoms with Gasteiger partial charge in [-0.05, 0) is 37.0 Å². The third-order valence-corrected chi connectivity index (χ3v) is 3.32. The van der Waals surface area contributed by atoms with Crippen molar-refractivity contribution in [1.29, 1.82) is 0 Å². The van der Waals surface area contributed by atoms with E-state index in [9.17, 15) is 4.39 Å². The molecule has 0 aromatic heterocycles. The highest BCUT2D eigenvalue weighted by molar-refractivity contribution is 14.0. The molecule has 0 radical (unpaired) electrons. The molecule has 0 aliphatic carbocycles. The van der Waals surface area contributed by atoms with Gasteiger partial charge in [-0.3, -0.25) is 0 Å². The third kappa shape index (κ3) is 4.50. The van der Waals surface area contributed by atoms with Crippen molar-refractivity contribution in [2.24, 2.45) is 10.7 Å². The fourth-order valence-electron chi connectivity index (χ4n) is 2.20. The van der Waals surface area contributed by atoms with Crippen LogP contribution in [0.4, 0.5) is 4.39 Å². The minimum atomic E-state index is -0.369. The number of halogens is 2. The van der Waals surface area contributed by atoms with Gasteiger partial charge in [-0.1, -0.05) is 6.07 Å². The Morgan fingerprint density at radius 1 is 1.35 bits per heavy atom. The van der Waals surface area contributed by atoms with Gasteiger partial charge in [-0.25, -0.2) is 9.38 Å². The SMILES string of the molecule is COc1ccc(CN=C(N)N2CCCCC2)cc1F.I. The van der Waals surface area contributed by atoms with Gasteiger partial charge in [0.05, 0.1) is 13.7 Å². The summed E-state index contributed by atoms with van der Waals surface area (Å²) < 4.78 is 18.4. The van der Waals surface area contributed by atoms with Gasteiger partial charge >= 0.3 is 0 Å². The fourth-order valence-corrected chi connectivity index (χ4v) is 2.20. The second-order valence-corrected chi connectivity index (χ2v) is 4.69. The quantitative estimate of drug-likeness (QED) is 0.488. The first kappa shape index (κ1) is 17.0. The van der Waals surface area contributed by atoms with Gasteiger partial charge in [0.25, 0.3) is 0 Å². The van der Waals surface area contributed by atoms with Crippen LogP contribution in [0.15, 0.2) is 23.2 Å². The average molecular weight is 393 g/mol. The predicted octanol–water partition coefficient (Wildman–Crippen LogP) is 2.75. The number of aliphatic imine (C=N–C) groups is 1. The number of nitrogens with zero attached hydrogens (tertiary/aromatic N) is 2. The Hall–Kier alpha value is -1.05. The molecule has 2 rings (SSSR count). The molecule has 2 N–H and O–H groups in total. The topological polar surface area (TPSA) is 50.9 Å². The van der Waals surface area contributed by atoms with Crippen molar-refractivity contribution in [3.8, 4) is 5.75 Å². The lowest BCUT2D eigenvalue weighted by atomic mass is 10.1. The van der Waals surface area contributed by atoms with Crippen LogP contribution in [0.2, 0.25) is 0 Å². The minimum Gasteiger partial charge on any atom is -0.494 e. The number of methoxy groups -OCH3 is 1. The molecule has 112 valence electrons. The van der Waals surface area contributed by atoms with Crippen LogP contribution in [-0.2, 0) is 6.54 Å². The number of likely N-dealkylation sites (tertiary alicyclic amines) is 1. The van der Waals surface area contributed by atoms with E-state index in [1.807, 2.05) is 0 Å². The second kappa shape index (κ2) is 8.28. The lowest BCUT2D eigenvalue weighted by Crippen LogP contribution is -2.40. The van der Waals surface area contributed by atoms with Crippen LogP contribution >= 0.6 is 24.0 Å². The van der Waals surface area contributed by atoms with Crippen LogP contribution in [0.5, 0.6) is 5.75 Å². The van der Waals surface area contributed by atoms with Crippen molar-refractivity contribution in [3.05, 3.63) is 29.6 Å². The van der Waals surface area contributed by atoms with E-state index in [-0.39, 0.29) is 35.5 Å². The van der Waals surface area contributed by atoms with Crippen molar-refractivity contribution >= 4 is 29.9 Å². The molecule has 1 aliphatic rings. The standard InChI is InChI=1S/C14H20FN3O.HI/c1-19-13-6-5-11(9-12(13)15)10-17-14(16)18-7-3-2-4-8-18;/h5-6,9H,2-4,7-8,10H2,1H3,(H2,16,17);1H. The second-order valence-electron chi connectivity index (χ2n) is 4.69. The average Bonchev–Trinajstić information content (AvgIpc) is 2.46. The zero-order chi connectivity index (χ0) is 13.7. The highest BCUT2D eigenvalue weighted by Crippen LogP contribution is 2.18. The summed E-state index contributed by atoms with van der Waals surface area (Å²) in [5.41, 5.74) is 6.74. The summed E-state index contributed by atoms with van der Waals surface area (Å²) in [5.74, 6) is 0.430. The van der Waals surface area contributed by atoms with E-state index in [1.165, 1.54) is 19.6 Å². The summed E-state index contributed by atoms with van der Waals surface area (Å²) >= 11 is 0. The number of piperidine rings is 1. The molecule has 0 atom stereocenters. The smallest absolute Gasteiger partial charge is 0.191 e. The summed E-state index contributed by atoms with van der Waals surface area (Å²) in [5, 5.41) is 0. The first-order valence-corrected chi connectivity index (χ1v) is 6.58. The largest absolute Gasteiger partial charge is 0.494 e. The molecule has 0 saturated carbocycles. The van der Waals surface area contributed by atoms with Gasteiger partial charge in [0.2, 0.25) is 0 Å². The predicted molar refractivity (Wildman–Crippen MR) is 89.1 cm³/mol. The summed E-state index contributed by atoms with van der Waals surface area (Å²) in [7, 11) is 1.45. The third-order valence-electron chi connectivity index (χ3n) is 3.32.